The SMILES string of the molecule is CCCO[C@H]1/C=C/[C@H](OC)[C@@H]2CC[C@H]2CN2C[C@@]3(CCCc4cc(Cl)ccc43)COc3ccc(cc32)C(=O)N=[S@](=O)(NC(=O)c2cn(C)nc2OC)C[C@H]1C. The Morgan fingerprint density at radius 3 is 2.71 bits per heavy atom. The van der Waals surface area contributed by atoms with E-state index in [1.54, 1.807) is 26.3 Å². The van der Waals surface area contributed by atoms with Crippen LogP contribution >= 0.6 is 11.6 Å². The van der Waals surface area contributed by atoms with Gasteiger partial charge in [-0.05, 0) is 91.8 Å². The second kappa shape index (κ2) is 16.3. The van der Waals surface area contributed by atoms with Crippen molar-refractivity contribution in [2.75, 3.05) is 51.2 Å². The topological polar surface area (TPSA) is 134 Å². The second-order valence-electron chi connectivity index (χ2n) is 15.5. The predicted molar refractivity (Wildman–Crippen MR) is 213 cm³/mol. The molecule has 1 saturated carbocycles. The molecule has 3 heterocycles. The third-order valence-corrected chi connectivity index (χ3v) is 13.9. The van der Waals surface area contributed by atoms with Gasteiger partial charge in [-0.3, -0.25) is 19.0 Å². The van der Waals surface area contributed by atoms with E-state index in [4.69, 9.17) is 30.5 Å². The van der Waals surface area contributed by atoms with E-state index in [1.807, 2.05) is 32.1 Å². The number of anilines is 1. The number of benzene rings is 2. The summed E-state index contributed by atoms with van der Waals surface area (Å²) in [4.78, 5) is 30.3. The number of rotatable bonds is 7. The van der Waals surface area contributed by atoms with Crippen LogP contribution in [0.4, 0.5) is 5.69 Å². The summed E-state index contributed by atoms with van der Waals surface area (Å²) in [6.45, 7) is 6.29. The lowest BCUT2D eigenvalue weighted by Gasteiger charge is -2.46. The first kappa shape index (κ1) is 39.3. The first-order valence-corrected chi connectivity index (χ1v) is 21.3. The lowest BCUT2D eigenvalue weighted by atomic mass is 9.68. The number of ether oxygens (including phenoxy) is 4. The summed E-state index contributed by atoms with van der Waals surface area (Å²) in [5.41, 5.74) is 3.32. The molecule has 4 aliphatic rings. The van der Waals surface area contributed by atoms with Crippen molar-refractivity contribution in [3.05, 3.63) is 82.0 Å². The summed E-state index contributed by atoms with van der Waals surface area (Å²) >= 11 is 6.48. The Labute approximate surface area is 329 Å². The van der Waals surface area contributed by atoms with Crippen molar-refractivity contribution in [2.45, 2.75) is 70.0 Å². The fourth-order valence-electron chi connectivity index (χ4n) is 8.78. The molecule has 1 spiro atoms. The molecule has 7 rings (SSSR count). The fraction of sp³-hybridized carbons (Fsp3) is 0.537. The zero-order valence-corrected chi connectivity index (χ0v) is 33.9. The lowest BCUT2D eigenvalue weighted by Crippen LogP contribution is -2.49. The van der Waals surface area contributed by atoms with E-state index in [9.17, 15) is 13.8 Å². The number of hydrogen-bond acceptors (Lipinski definition) is 9. The molecule has 0 saturated heterocycles. The van der Waals surface area contributed by atoms with Gasteiger partial charge in [0.15, 0.2) is 0 Å². The van der Waals surface area contributed by atoms with Gasteiger partial charge in [-0.1, -0.05) is 43.7 Å². The molecule has 0 radical (unpaired) electrons. The standard InChI is InChI=1S/C41H52ClN5O7S/c1-6-18-53-35-15-16-36(51-4)31-12-9-29(31)21-47-24-41(17-7-8-27-19-30(42)11-13-33(27)41)25-54-37-14-10-28(20-34(37)47)38(48)44-55(50,23-26(35)2)45-39(49)32-22-46(3)43-40(32)52-5/h10-11,13-16,19-20,22,26,29,31,35-36H,6-9,12,17-18,21,23-25H2,1-5H3,(H,44,45,48,49,50)/b16-15+/t26-,29+,31-,35+,36+,41+,55+/m1/s1. The average Bonchev–Trinajstić information content (AvgIpc) is 3.47. The first-order chi connectivity index (χ1) is 26.4. The molecule has 296 valence electrons. The van der Waals surface area contributed by atoms with Crippen molar-refractivity contribution < 1.29 is 32.7 Å². The van der Waals surface area contributed by atoms with Gasteiger partial charge in [0.05, 0.1) is 37.4 Å². The highest BCUT2D eigenvalue weighted by Crippen LogP contribution is 2.47. The van der Waals surface area contributed by atoms with Crippen molar-refractivity contribution in [1.29, 1.82) is 0 Å². The highest BCUT2D eigenvalue weighted by molar-refractivity contribution is 7.92. The number of halogens is 1. The average molecular weight is 794 g/mol. The van der Waals surface area contributed by atoms with Crippen LogP contribution in [0.25, 0.3) is 0 Å². The minimum Gasteiger partial charge on any atom is -0.490 e. The molecule has 12 nitrogen and oxygen atoms in total. The van der Waals surface area contributed by atoms with Crippen molar-refractivity contribution in [3.63, 3.8) is 0 Å². The maximum absolute atomic E-state index is 14.9. The number of nitrogens with one attached hydrogen (secondary N) is 1. The lowest BCUT2D eigenvalue weighted by molar-refractivity contribution is 0.0109. The van der Waals surface area contributed by atoms with Gasteiger partial charge in [0.25, 0.3) is 11.8 Å². The zero-order chi connectivity index (χ0) is 38.9. The number of carbonyl (C=O) groups is 2. The van der Waals surface area contributed by atoms with Crippen LogP contribution < -0.4 is 19.1 Å². The van der Waals surface area contributed by atoms with Crippen LogP contribution in [0.2, 0.25) is 5.02 Å². The molecular weight excluding hydrogens is 742 g/mol. The molecule has 14 heteroatoms. The van der Waals surface area contributed by atoms with Gasteiger partial charge in [-0.25, -0.2) is 4.21 Å². The third kappa shape index (κ3) is 8.17. The molecule has 2 amide bonds. The molecule has 2 aliphatic carbocycles. The van der Waals surface area contributed by atoms with Crippen LogP contribution in [0, 0.1) is 17.8 Å². The van der Waals surface area contributed by atoms with Crippen molar-refractivity contribution >= 4 is 39.0 Å². The minimum absolute atomic E-state index is 0.0647. The number of methoxy groups -OCH3 is 2. The Morgan fingerprint density at radius 2 is 1.96 bits per heavy atom. The molecule has 2 aliphatic heterocycles. The molecule has 2 aromatic carbocycles. The number of carbonyl (C=O) groups excluding carboxylic acids is 2. The third-order valence-electron chi connectivity index (χ3n) is 11.7. The molecule has 1 N–H and O–H groups in total. The fourth-order valence-corrected chi connectivity index (χ4v) is 10.9. The van der Waals surface area contributed by atoms with Crippen LogP contribution in [0.1, 0.15) is 77.8 Å². The monoisotopic (exact) mass is 793 g/mol. The number of aromatic nitrogens is 2. The van der Waals surface area contributed by atoms with Crippen molar-refractivity contribution in [1.82, 2.24) is 14.5 Å². The van der Waals surface area contributed by atoms with Gasteiger partial charge in [-0.15, -0.1) is 9.46 Å². The maximum Gasteiger partial charge on any atom is 0.286 e. The van der Waals surface area contributed by atoms with E-state index < -0.39 is 33.8 Å². The molecular formula is C41H52ClN5O7S. The molecule has 3 aromatic rings. The van der Waals surface area contributed by atoms with Crippen molar-refractivity contribution in [3.8, 4) is 11.6 Å². The predicted octanol–water partition coefficient (Wildman–Crippen LogP) is 6.55. The van der Waals surface area contributed by atoms with Gasteiger partial charge < -0.3 is 23.8 Å². The molecule has 2 bridgehead atoms. The summed E-state index contributed by atoms with van der Waals surface area (Å²) in [5.74, 6) is -0.654. The number of fused-ring (bicyclic) bond motifs is 4. The van der Waals surface area contributed by atoms with Gasteiger partial charge in [0.1, 0.15) is 21.2 Å². The molecule has 1 aromatic heterocycles. The van der Waals surface area contributed by atoms with E-state index in [2.05, 4.69) is 37.3 Å². The molecule has 7 atom stereocenters. The van der Waals surface area contributed by atoms with E-state index in [-0.39, 0.29) is 40.2 Å². The zero-order valence-electron chi connectivity index (χ0n) is 32.3. The highest BCUT2D eigenvalue weighted by atomic mass is 35.5. The van der Waals surface area contributed by atoms with E-state index in [0.717, 1.165) is 55.8 Å². The molecule has 0 unspecified atom stereocenters. The largest absolute Gasteiger partial charge is 0.490 e. The van der Waals surface area contributed by atoms with E-state index in [0.29, 0.717) is 31.4 Å². The normalized spacial score (nSPS) is 29.8. The number of nitrogens with zero attached hydrogens (tertiary/aromatic N) is 4. The van der Waals surface area contributed by atoms with Crippen LogP contribution in [0.5, 0.6) is 11.6 Å². The minimum atomic E-state index is -3.73. The van der Waals surface area contributed by atoms with Gasteiger partial charge in [0.2, 0.25) is 5.88 Å². The number of hydrogen-bond donors (Lipinski definition) is 1. The Balaban J connectivity index is 1.33. The van der Waals surface area contributed by atoms with Crippen LogP contribution in [-0.2, 0) is 38.3 Å². The Kier molecular flexibility index (Phi) is 11.6. The summed E-state index contributed by atoms with van der Waals surface area (Å²) in [5, 5.41) is 4.90. The maximum atomic E-state index is 14.9. The van der Waals surface area contributed by atoms with Gasteiger partial charge in [0, 0.05) is 62.0 Å². The second-order valence-corrected chi connectivity index (χ2v) is 18.0. The summed E-state index contributed by atoms with van der Waals surface area (Å²) < 4.78 is 47.7. The van der Waals surface area contributed by atoms with Gasteiger partial charge in [-0.2, -0.15) is 0 Å². The number of amides is 2. The Bertz CT molecular complexity index is 2080. The smallest absolute Gasteiger partial charge is 0.286 e. The Hall–Kier alpha value is -3.91. The van der Waals surface area contributed by atoms with E-state index >= 15 is 0 Å². The number of aryl methyl sites for hydroxylation is 2. The van der Waals surface area contributed by atoms with Crippen LogP contribution in [-0.4, -0.2) is 84.3 Å². The molecule has 55 heavy (non-hydrogen) atoms. The van der Waals surface area contributed by atoms with Crippen LogP contribution in [0.15, 0.2) is 59.1 Å². The highest BCUT2D eigenvalue weighted by Gasteiger charge is 2.44. The summed E-state index contributed by atoms with van der Waals surface area (Å²) in [6, 6.07) is 11.5. The molecule has 1 fully saturated rings. The van der Waals surface area contributed by atoms with E-state index in [1.165, 1.54) is 29.1 Å². The Morgan fingerprint density at radius 1 is 1.15 bits per heavy atom. The first-order valence-electron chi connectivity index (χ1n) is 19.3. The summed E-state index contributed by atoms with van der Waals surface area (Å²) in [6.07, 6.45) is 10.7. The van der Waals surface area contributed by atoms with Gasteiger partial charge >= 0.3 is 0 Å². The summed E-state index contributed by atoms with van der Waals surface area (Å²) in [7, 11) is 1.06. The van der Waals surface area contributed by atoms with Crippen LogP contribution in [0.3, 0.4) is 0 Å². The quantitative estimate of drug-likeness (QED) is 0.265. The van der Waals surface area contributed by atoms with Crippen molar-refractivity contribution in [2.24, 2.45) is 29.2 Å².